The molecule has 6 nitrogen and oxygen atoms in total. The maximum absolute atomic E-state index is 11.8. The fourth-order valence-electron chi connectivity index (χ4n) is 4.81. The Labute approximate surface area is 140 Å². The minimum absolute atomic E-state index is 0.311. The number of H-pyrrole nitrogens is 1. The summed E-state index contributed by atoms with van der Waals surface area (Å²) < 4.78 is 0. The van der Waals surface area contributed by atoms with E-state index in [1.807, 2.05) is 12.3 Å². The van der Waals surface area contributed by atoms with Gasteiger partial charge in [-0.25, -0.2) is 4.98 Å². The predicted molar refractivity (Wildman–Crippen MR) is 92.7 cm³/mol. The highest BCUT2D eigenvalue weighted by Crippen LogP contribution is 2.43. The molecule has 0 unspecified atom stereocenters. The highest BCUT2D eigenvalue weighted by atomic mass is 16.3. The largest absolute Gasteiger partial charge is 0.396 e. The number of amides is 1. The van der Waals surface area contributed by atoms with E-state index in [4.69, 9.17) is 5.73 Å². The van der Waals surface area contributed by atoms with Gasteiger partial charge in [0.2, 0.25) is 0 Å². The summed E-state index contributed by atoms with van der Waals surface area (Å²) in [7, 11) is 0. The molecule has 2 aliphatic rings. The number of nitrogens with zero attached hydrogens (tertiary/aromatic N) is 1. The molecular weight excluding hydrogens is 304 g/mol. The summed E-state index contributed by atoms with van der Waals surface area (Å²) in [4.78, 5) is 19.2. The van der Waals surface area contributed by atoms with Crippen molar-refractivity contribution in [2.24, 2.45) is 23.5 Å². The molecule has 4 atom stereocenters. The van der Waals surface area contributed by atoms with Crippen LogP contribution in [0, 0.1) is 17.8 Å². The molecule has 2 fully saturated rings. The summed E-state index contributed by atoms with van der Waals surface area (Å²) in [5.74, 6) is 1.33. The van der Waals surface area contributed by atoms with E-state index in [9.17, 15) is 9.90 Å². The molecule has 1 amide bonds. The minimum Gasteiger partial charge on any atom is -0.396 e. The predicted octanol–water partition coefficient (Wildman–Crippen LogP) is 2.26. The summed E-state index contributed by atoms with van der Waals surface area (Å²) in [5, 5.41) is 14.0. The zero-order valence-corrected chi connectivity index (χ0v) is 13.7. The molecule has 0 radical (unpaired) electrons. The molecule has 0 aliphatic heterocycles. The number of hydrogen-bond donors (Lipinski definition) is 4. The molecule has 4 rings (SSSR count). The van der Waals surface area contributed by atoms with Gasteiger partial charge in [0.25, 0.3) is 5.91 Å². The van der Waals surface area contributed by atoms with Crippen molar-refractivity contribution >= 4 is 22.6 Å². The lowest BCUT2D eigenvalue weighted by molar-refractivity contribution is 0.0875. The topological polar surface area (TPSA) is 104 Å². The van der Waals surface area contributed by atoms with E-state index in [0.717, 1.165) is 42.4 Å². The Hall–Kier alpha value is -2.08. The summed E-state index contributed by atoms with van der Waals surface area (Å²) in [6.45, 7) is 0.311. The molecule has 2 aromatic heterocycles. The first-order valence-corrected chi connectivity index (χ1v) is 8.77. The standard InChI is InChI=1S/C18H24N4O2/c19-17(24)15-8-21-18-14(1-2-20-18)16(15)22-13-6-10-3-11(7-13)5-12(4-10)9-23/h1-2,8,10-13,23H,3-7,9H2,(H2,19,24)(H2,20,21,22)/t10-,11+,12+,13-. The average Bonchev–Trinajstić information content (AvgIpc) is 3.03. The van der Waals surface area contributed by atoms with E-state index in [0.29, 0.717) is 36.0 Å². The lowest BCUT2D eigenvalue weighted by Gasteiger charge is -2.42. The molecule has 24 heavy (non-hydrogen) atoms. The third kappa shape index (κ3) is 2.75. The SMILES string of the molecule is NC(=O)c1cnc2[nH]ccc2c1N[C@H]1C[C@@H]2C[C@@H](CO)C[C@@H](C2)C1. The Morgan fingerprint density at radius 2 is 2.04 bits per heavy atom. The Kier molecular flexibility index (Phi) is 3.92. The number of pyridine rings is 1. The van der Waals surface area contributed by atoms with Crippen molar-refractivity contribution < 1.29 is 9.90 Å². The number of nitrogens with two attached hydrogens (primary N) is 1. The van der Waals surface area contributed by atoms with Crippen LogP contribution in [0.2, 0.25) is 0 Å². The Bertz CT molecular complexity index is 743. The van der Waals surface area contributed by atoms with Crippen molar-refractivity contribution in [1.82, 2.24) is 9.97 Å². The molecule has 5 N–H and O–H groups in total. The second-order valence-corrected chi connectivity index (χ2v) is 7.45. The van der Waals surface area contributed by atoms with Crippen LogP contribution in [0.1, 0.15) is 42.5 Å². The molecule has 128 valence electrons. The van der Waals surface area contributed by atoms with Crippen molar-refractivity contribution in [3.63, 3.8) is 0 Å². The van der Waals surface area contributed by atoms with Crippen LogP contribution in [0.4, 0.5) is 5.69 Å². The number of primary amides is 1. The van der Waals surface area contributed by atoms with Gasteiger partial charge < -0.3 is 21.1 Å². The van der Waals surface area contributed by atoms with E-state index in [1.165, 1.54) is 6.42 Å². The zero-order valence-electron chi connectivity index (χ0n) is 13.7. The monoisotopic (exact) mass is 328 g/mol. The number of rotatable bonds is 4. The smallest absolute Gasteiger partial charge is 0.252 e. The van der Waals surface area contributed by atoms with Gasteiger partial charge in [-0.1, -0.05) is 0 Å². The molecule has 0 spiro atoms. The van der Waals surface area contributed by atoms with Crippen LogP contribution < -0.4 is 11.1 Å². The van der Waals surface area contributed by atoms with Crippen molar-refractivity contribution in [2.75, 3.05) is 11.9 Å². The van der Waals surface area contributed by atoms with Crippen molar-refractivity contribution in [3.8, 4) is 0 Å². The van der Waals surface area contributed by atoms with Gasteiger partial charge in [-0.3, -0.25) is 4.79 Å². The molecule has 0 saturated heterocycles. The molecule has 2 saturated carbocycles. The second-order valence-electron chi connectivity index (χ2n) is 7.45. The molecule has 0 aromatic carbocycles. The van der Waals surface area contributed by atoms with Gasteiger partial charge in [0.05, 0.1) is 11.3 Å². The Morgan fingerprint density at radius 1 is 1.29 bits per heavy atom. The van der Waals surface area contributed by atoms with Crippen molar-refractivity contribution in [3.05, 3.63) is 24.0 Å². The zero-order chi connectivity index (χ0) is 16.7. The van der Waals surface area contributed by atoms with Crippen LogP contribution in [0.5, 0.6) is 0 Å². The molecule has 6 heteroatoms. The highest BCUT2D eigenvalue weighted by Gasteiger charge is 2.36. The van der Waals surface area contributed by atoms with Crippen LogP contribution in [0.3, 0.4) is 0 Å². The van der Waals surface area contributed by atoms with Gasteiger partial charge in [-0.2, -0.15) is 0 Å². The van der Waals surface area contributed by atoms with Gasteiger partial charge in [0.15, 0.2) is 0 Å². The maximum Gasteiger partial charge on any atom is 0.252 e. The van der Waals surface area contributed by atoms with E-state index in [2.05, 4.69) is 15.3 Å². The lowest BCUT2D eigenvalue weighted by Crippen LogP contribution is -2.38. The normalized spacial score (nSPS) is 29.5. The second kappa shape index (κ2) is 6.09. The van der Waals surface area contributed by atoms with E-state index in [1.54, 1.807) is 6.20 Å². The van der Waals surface area contributed by atoms with Crippen molar-refractivity contribution in [1.29, 1.82) is 0 Å². The first-order valence-electron chi connectivity index (χ1n) is 8.77. The van der Waals surface area contributed by atoms with Crippen LogP contribution in [-0.2, 0) is 0 Å². The van der Waals surface area contributed by atoms with Crippen LogP contribution in [-0.4, -0.2) is 33.6 Å². The number of aromatic amines is 1. The van der Waals surface area contributed by atoms with E-state index < -0.39 is 5.91 Å². The number of nitrogens with one attached hydrogen (secondary N) is 2. The van der Waals surface area contributed by atoms with Crippen molar-refractivity contribution in [2.45, 2.75) is 38.1 Å². The molecular formula is C18H24N4O2. The van der Waals surface area contributed by atoms with Crippen LogP contribution in [0.25, 0.3) is 11.0 Å². The Morgan fingerprint density at radius 3 is 2.71 bits per heavy atom. The van der Waals surface area contributed by atoms with Gasteiger partial charge in [0, 0.05) is 30.4 Å². The Balaban J connectivity index is 1.60. The van der Waals surface area contributed by atoms with Gasteiger partial charge in [0.1, 0.15) is 5.65 Å². The van der Waals surface area contributed by atoms with Crippen LogP contribution in [0.15, 0.2) is 18.5 Å². The number of aromatic nitrogens is 2. The average molecular weight is 328 g/mol. The summed E-state index contributed by atoms with van der Waals surface area (Å²) in [6, 6.07) is 2.27. The number of anilines is 1. The van der Waals surface area contributed by atoms with E-state index >= 15 is 0 Å². The van der Waals surface area contributed by atoms with E-state index in [-0.39, 0.29) is 0 Å². The number of carbonyl (C=O) groups excluding carboxylic acids is 1. The third-order valence-corrected chi connectivity index (χ3v) is 5.69. The number of aliphatic hydroxyl groups is 1. The minimum atomic E-state index is -0.454. The molecule has 2 aliphatic carbocycles. The van der Waals surface area contributed by atoms with Gasteiger partial charge >= 0.3 is 0 Å². The summed E-state index contributed by atoms with van der Waals surface area (Å²) >= 11 is 0. The van der Waals surface area contributed by atoms with Gasteiger partial charge in [-0.05, 0) is 55.9 Å². The summed E-state index contributed by atoms with van der Waals surface area (Å²) in [6.07, 6.45) is 9.05. The highest BCUT2D eigenvalue weighted by molar-refractivity contribution is 6.05. The number of hydrogen-bond acceptors (Lipinski definition) is 4. The lowest BCUT2D eigenvalue weighted by atomic mass is 9.66. The third-order valence-electron chi connectivity index (χ3n) is 5.69. The molecule has 2 heterocycles. The van der Waals surface area contributed by atoms with Crippen LogP contribution >= 0.6 is 0 Å². The fraction of sp³-hybridized carbons (Fsp3) is 0.556. The fourth-order valence-corrected chi connectivity index (χ4v) is 4.81. The molecule has 2 aromatic rings. The first kappa shape index (κ1) is 15.4. The number of aliphatic hydroxyl groups excluding tert-OH is 1. The quantitative estimate of drug-likeness (QED) is 0.691. The number of fused-ring (bicyclic) bond motifs is 3. The van der Waals surface area contributed by atoms with Gasteiger partial charge in [-0.15, -0.1) is 0 Å². The summed E-state index contributed by atoms with van der Waals surface area (Å²) in [5.41, 5.74) is 7.57. The number of carbonyl (C=O) groups is 1. The maximum atomic E-state index is 11.8. The molecule has 2 bridgehead atoms. The first-order chi connectivity index (χ1) is 11.6.